The molecule has 18 heteroatoms. The molecular weight excluding hydrogens is 943 g/mol. The standard InChI is InChI=1S/C40H26Cl4O8S6/c1-19-7-3-5-9-21(19)27-15-29(55-53-27)39(37(49)23-11-13-25(35(43)33(23)41)51-17-31(45)46)57-58-40(30-16-28(54-56-30)22-10-6-4-8-20(22)2)38(50)24-12-14-26(36(44)34(24)42)52-18-32(47)48/h3-16H,17-18H2,1-2H3,(H,45,46)(H,47,48)/b39-29-,40-30-. The monoisotopic (exact) mass is 966 g/mol. The van der Waals surface area contributed by atoms with E-state index >= 15 is 0 Å². The Balaban J connectivity index is 1.45. The molecule has 0 unspecified atom stereocenters. The maximum absolute atomic E-state index is 14.6. The highest BCUT2D eigenvalue weighted by Crippen LogP contribution is 2.58. The summed E-state index contributed by atoms with van der Waals surface area (Å²) in [6.45, 7) is 2.66. The highest BCUT2D eigenvalue weighted by molar-refractivity contribution is 8.83. The normalized spacial score (nSPS) is 15.4. The molecule has 2 heterocycles. The fourth-order valence-electron chi connectivity index (χ4n) is 5.29. The van der Waals surface area contributed by atoms with Crippen molar-refractivity contribution in [3.8, 4) is 11.5 Å². The number of allylic oxidation sites excluding steroid dienone is 4. The van der Waals surface area contributed by atoms with Crippen LogP contribution >= 0.6 is 111 Å². The third-order valence-corrected chi connectivity index (χ3v) is 17.5. The lowest BCUT2D eigenvalue weighted by Gasteiger charge is -2.15. The number of carbonyl (C=O) groups is 4. The van der Waals surface area contributed by atoms with Crippen LogP contribution in [-0.2, 0) is 9.59 Å². The van der Waals surface area contributed by atoms with Crippen LogP contribution < -0.4 is 9.47 Å². The Morgan fingerprint density at radius 3 is 1.29 bits per heavy atom. The van der Waals surface area contributed by atoms with E-state index in [1.165, 1.54) is 67.4 Å². The third kappa shape index (κ3) is 10.3. The number of aliphatic carboxylic acids is 2. The summed E-state index contributed by atoms with van der Waals surface area (Å²) < 4.78 is 10.6. The van der Waals surface area contributed by atoms with Gasteiger partial charge in [-0.2, -0.15) is 0 Å². The lowest BCUT2D eigenvalue weighted by Crippen LogP contribution is -2.10. The molecule has 0 bridgehead atoms. The molecule has 2 aliphatic heterocycles. The lowest BCUT2D eigenvalue weighted by molar-refractivity contribution is -0.140. The van der Waals surface area contributed by atoms with E-state index in [-0.39, 0.29) is 52.5 Å². The second kappa shape index (κ2) is 20.0. The second-order valence-corrected chi connectivity index (χ2v) is 20.1. The number of hydrogen-bond acceptors (Lipinski definition) is 12. The number of benzene rings is 4. The van der Waals surface area contributed by atoms with Gasteiger partial charge in [0.15, 0.2) is 13.2 Å². The van der Waals surface area contributed by atoms with E-state index in [1.54, 1.807) is 0 Å². The van der Waals surface area contributed by atoms with Gasteiger partial charge in [0, 0.05) is 30.7 Å². The Morgan fingerprint density at radius 1 is 0.552 bits per heavy atom. The summed E-state index contributed by atoms with van der Waals surface area (Å²) >= 11 is 26.4. The van der Waals surface area contributed by atoms with Gasteiger partial charge in [-0.25, -0.2) is 9.59 Å². The topological polar surface area (TPSA) is 127 Å². The van der Waals surface area contributed by atoms with Crippen LogP contribution in [-0.4, -0.2) is 46.9 Å². The molecule has 58 heavy (non-hydrogen) atoms. The van der Waals surface area contributed by atoms with Crippen molar-refractivity contribution >= 4 is 144 Å². The van der Waals surface area contributed by atoms with Gasteiger partial charge < -0.3 is 19.7 Å². The molecule has 0 atom stereocenters. The van der Waals surface area contributed by atoms with Gasteiger partial charge in [-0.05, 0) is 94.1 Å². The average Bonchev–Trinajstić information content (AvgIpc) is 3.88. The quantitative estimate of drug-likeness (QED) is 0.0666. The number of aryl methyl sites for hydroxylation is 2. The molecule has 4 aromatic carbocycles. The molecule has 0 saturated heterocycles. The Kier molecular flexibility index (Phi) is 15.4. The molecular formula is C40H26Cl4O8S6. The molecule has 2 aliphatic rings. The number of halogens is 4. The van der Waals surface area contributed by atoms with Gasteiger partial charge in [0.25, 0.3) is 0 Å². The molecule has 0 aromatic heterocycles. The van der Waals surface area contributed by atoms with E-state index in [4.69, 9.17) is 66.1 Å². The minimum Gasteiger partial charge on any atom is -0.480 e. The van der Waals surface area contributed by atoms with Gasteiger partial charge in [-0.3, -0.25) is 9.59 Å². The lowest BCUT2D eigenvalue weighted by atomic mass is 10.1. The maximum Gasteiger partial charge on any atom is 0.341 e. The number of hydrogen-bond donors (Lipinski definition) is 2. The van der Waals surface area contributed by atoms with E-state index in [2.05, 4.69) is 0 Å². The number of carboxylic acids is 2. The van der Waals surface area contributed by atoms with Crippen molar-refractivity contribution in [1.82, 2.24) is 0 Å². The molecule has 8 nitrogen and oxygen atoms in total. The van der Waals surface area contributed by atoms with Crippen molar-refractivity contribution in [1.29, 1.82) is 0 Å². The van der Waals surface area contributed by atoms with E-state index in [0.29, 0.717) is 9.81 Å². The van der Waals surface area contributed by atoms with Gasteiger partial charge >= 0.3 is 11.9 Å². The molecule has 4 aromatic rings. The summed E-state index contributed by atoms with van der Waals surface area (Å²) in [4.78, 5) is 55.1. The summed E-state index contributed by atoms with van der Waals surface area (Å²) in [5, 5.41) is 17.7. The zero-order valence-corrected chi connectivity index (χ0v) is 37.7. The number of rotatable bonds is 15. The number of ether oxygens (including phenoxy) is 2. The Labute approximate surface area is 376 Å². The van der Waals surface area contributed by atoms with Crippen molar-refractivity contribution in [2.45, 2.75) is 13.8 Å². The van der Waals surface area contributed by atoms with Crippen LogP contribution in [0.25, 0.3) is 9.81 Å². The van der Waals surface area contributed by atoms with Crippen LogP contribution in [0.2, 0.25) is 20.1 Å². The number of carboxylic acid groups (broad SMARTS) is 2. The predicted molar refractivity (Wildman–Crippen MR) is 246 cm³/mol. The highest BCUT2D eigenvalue weighted by Gasteiger charge is 2.31. The second-order valence-electron chi connectivity index (χ2n) is 12.0. The fourth-order valence-corrected chi connectivity index (χ4v) is 14.5. The molecule has 0 radical (unpaired) electrons. The summed E-state index contributed by atoms with van der Waals surface area (Å²) in [6, 6.07) is 21.3. The number of ketones is 2. The molecule has 0 amide bonds. The minimum absolute atomic E-state index is 0.00563. The Hall–Kier alpha value is -3.02. The first-order valence-electron chi connectivity index (χ1n) is 16.6. The first-order valence-corrected chi connectivity index (χ1v) is 24.5. The average molecular weight is 969 g/mol. The summed E-state index contributed by atoms with van der Waals surface area (Å²) in [6.07, 6.45) is 3.82. The van der Waals surface area contributed by atoms with Crippen molar-refractivity contribution < 1.29 is 38.9 Å². The van der Waals surface area contributed by atoms with Crippen LogP contribution in [0.3, 0.4) is 0 Å². The van der Waals surface area contributed by atoms with Crippen LogP contribution in [0.4, 0.5) is 0 Å². The van der Waals surface area contributed by atoms with Gasteiger partial charge in [0.2, 0.25) is 11.6 Å². The molecule has 0 spiro atoms. The largest absolute Gasteiger partial charge is 0.480 e. The van der Waals surface area contributed by atoms with Gasteiger partial charge in [0.1, 0.15) is 21.5 Å². The van der Waals surface area contributed by atoms with Crippen LogP contribution in [0.5, 0.6) is 11.5 Å². The third-order valence-electron chi connectivity index (χ3n) is 8.14. The van der Waals surface area contributed by atoms with Crippen LogP contribution in [0.1, 0.15) is 43.0 Å². The predicted octanol–water partition coefficient (Wildman–Crippen LogP) is 13.6. The zero-order valence-electron chi connectivity index (χ0n) is 29.8. The molecule has 2 N–H and O–H groups in total. The molecule has 6 rings (SSSR count). The first kappa shape index (κ1) is 44.5. The smallest absolute Gasteiger partial charge is 0.341 e. The van der Waals surface area contributed by atoms with E-state index < -0.39 is 36.7 Å². The summed E-state index contributed by atoms with van der Waals surface area (Å²) in [5.74, 6) is -3.44. The Morgan fingerprint density at radius 2 is 0.931 bits per heavy atom. The number of carbonyl (C=O) groups excluding carboxylic acids is 2. The van der Waals surface area contributed by atoms with Crippen LogP contribution in [0.15, 0.2) is 105 Å². The van der Waals surface area contributed by atoms with Gasteiger partial charge in [-0.1, -0.05) is 138 Å². The highest BCUT2D eigenvalue weighted by atomic mass is 35.5. The molecule has 0 aliphatic carbocycles. The fraction of sp³-hybridized carbons (Fsp3) is 0.100. The van der Waals surface area contributed by atoms with E-state index in [1.807, 2.05) is 74.5 Å². The van der Waals surface area contributed by atoms with Crippen molar-refractivity contribution in [3.63, 3.8) is 0 Å². The summed E-state index contributed by atoms with van der Waals surface area (Å²) in [7, 11) is 7.84. The first-order chi connectivity index (χ1) is 27.7. The van der Waals surface area contributed by atoms with E-state index in [0.717, 1.165) is 53.7 Å². The van der Waals surface area contributed by atoms with Crippen molar-refractivity contribution in [3.05, 3.63) is 158 Å². The molecule has 0 fully saturated rings. The summed E-state index contributed by atoms with van der Waals surface area (Å²) in [5.41, 5.74) is 4.15. The van der Waals surface area contributed by atoms with Crippen molar-refractivity contribution in [2.75, 3.05) is 13.2 Å². The SMILES string of the molecule is Cc1ccccc1C1=C/C(=C(/SS/C(C(=O)c2ccc(OCC(=O)O)c(Cl)c2Cl)=C2/C=C(c3ccccc3C)SS2)C(=O)c2ccc(OCC(=O)O)c(Cl)c2Cl)SS1. The Bertz CT molecular complexity index is 2330. The molecule has 0 saturated carbocycles. The zero-order chi connectivity index (χ0) is 41.7. The van der Waals surface area contributed by atoms with Gasteiger partial charge in [0.05, 0.1) is 19.9 Å². The van der Waals surface area contributed by atoms with Gasteiger partial charge in [-0.15, -0.1) is 0 Å². The molecule has 298 valence electrons. The minimum atomic E-state index is -1.22. The number of Topliss-reactive ketones (excluding diaryl/α,β-unsaturated/α-hetero) is 2. The maximum atomic E-state index is 14.6. The van der Waals surface area contributed by atoms with Crippen LogP contribution in [0, 0.1) is 13.8 Å². The van der Waals surface area contributed by atoms with Crippen molar-refractivity contribution in [2.24, 2.45) is 0 Å². The van der Waals surface area contributed by atoms with E-state index in [9.17, 15) is 19.2 Å².